The summed E-state index contributed by atoms with van der Waals surface area (Å²) < 4.78 is 0. The molecule has 112 valence electrons. The number of nitro groups is 1. The normalized spacial score (nSPS) is 10.9. The molecule has 0 atom stereocenters. The molecule has 0 unspecified atom stereocenters. The molecule has 1 aromatic rings. The van der Waals surface area contributed by atoms with Crippen molar-refractivity contribution in [2.45, 2.75) is 27.7 Å². The van der Waals surface area contributed by atoms with E-state index in [2.05, 4.69) is 38.1 Å². The summed E-state index contributed by atoms with van der Waals surface area (Å²) in [5.41, 5.74) is 2.44. The van der Waals surface area contributed by atoms with E-state index in [1.807, 2.05) is 4.90 Å². The molecule has 0 spiro atoms. The average Bonchev–Trinajstić information content (AvgIpc) is 2.36. The predicted molar refractivity (Wildman–Crippen MR) is 80.6 cm³/mol. The van der Waals surface area contributed by atoms with Gasteiger partial charge in [-0.15, -0.1) is 0 Å². The molecule has 7 heteroatoms. The number of pyridine rings is 1. The fourth-order valence-corrected chi connectivity index (χ4v) is 2.03. The summed E-state index contributed by atoms with van der Waals surface area (Å²) in [4.78, 5) is 17.0. The van der Waals surface area contributed by atoms with Crippen molar-refractivity contribution in [3.05, 3.63) is 22.2 Å². The van der Waals surface area contributed by atoms with Crippen LogP contribution in [0, 0.1) is 22.0 Å². The highest BCUT2D eigenvalue weighted by Gasteiger charge is 2.23. The molecule has 1 aromatic heterocycles. The predicted octanol–water partition coefficient (Wildman–Crippen LogP) is 2.39. The molecule has 0 bridgehead atoms. The molecule has 1 heterocycles. The van der Waals surface area contributed by atoms with Crippen LogP contribution in [0.3, 0.4) is 0 Å². The van der Waals surface area contributed by atoms with E-state index in [1.165, 1.54) is 12.1 Å². The first-order valence-corrected chi connectivity index (χ1v) is 6.72. The molecule has 20 heavy (non-hydrogen) atoms. The Morgan fingerprint density at radius 1 is 1.30 bits per heavy atom. The maximum absolute atomic E-state index is 11.2. The van der Waals surface area contributed by atoms with Crippen molar-refractivity contribution < 1.29 is 4.92 Å². The molecular weight excluding hydrogens is 258 g/mol. The molecule has 1 rings (SSSR count). The Hall–Kier alpha value is -1.89. The number of hydrogen-bond acceptors (Lipinski definition) is 6. The van der Waals surface area contributed by atoms with Crippen LogP contribution in [0.15, 0.2) is 12.1 Å². The van der Waals surface area contributed by atoms with Gasteiger partial charge in [0.1, 0.15) is 5.82 Å². The third-order valence-corrected chi connectivity index (χ3v) is 2.67. The van der Waals surface area contributed by atoms with E-state index < -0.39 is 4.92 Å². The maximum Gasteiger partial charge on any atom is 0.311 e. The number of aromatic nitrogens is 1. The molecule has 0 aliphatic heterocycles. The zero-order valence-electron chi connectivity index (χ0n) is 12.5. The van der Waals surface area contributed by atoms with Crippen LogP contribution < -0.4 is 16.2 Å². The Kier molecular flexibility index (Phi) is 5.69. The zero-order chi connectivity index (χ0) is 15.3. The molecule has 0 saturated heterocycles. The minimum atomic E-state index is -0.406. The van der Waals surface area contributed by atoms with E-state index in [1.54, 1.807) is 0 Å². The second-order valence-corrected chi connectivity index (χ2v) is 5.63. The SMILES string of the molecule is CC(C)CN(CC(C)C)c1nc(NN)ccc1[N+](=O)[O-]. The molecular formula is C13H23N5O2. The van der Waals surface area contributed by atoms with Crippen LogP contribution in [0.2, 0.25) is 0 Å². The number of rotatable bonds is 7. The summed E-state index contributed by atoms with van der Waals surface area (Å²) in [7, 11) is 0. The highest BCUT2D eigenvalue weighted by Crippen LogP contribution is 2.28. The first-order valence-electron chi connectivity index (χ1n) is 6.72. The van der Waals surface area contributed by atoms with Gasteiger partial charge >= 0.3 is 5.69 Å². The van der Waals surface area contributed by atoms with Crippen LogP contribution in [-0.2, 0) is 0 Å². The van der Waals surface area contributed by atoms with Crippen molar-refractivity contribution in [1.82, 2.24) is 4.98 Å². The Morgan fingerprint density at radius 3 is 2.25 bits per heavy atom. The van der Waals surface area contributed by atoms with Gasteiger partial charge in [-0.2, -0.15) is 0 Å². The summed E-state index contributed by atoms with van der Waals surface area (Å²) >= 11 is 0. The van der Waals surface area contributed by atoms with Crippen LogP contribution in [0.4, 0.5) is 17.3 Å². The standard InChI is InChI=1S/C13H23N5O2/c1-9(2)7-17(8-10(3)4)13-11(18(19)20)5-6-12(15-13)16-14/h5-6,9-10H,7-8,14H2,1-4H3,(H,15,16). The number of nitrogens with zero attached hydrogens (tertiary/aromatic N) is 3. The van der Waals surface area contributed by atoms with Gasteiger partial charge in [0.25, 0.3) is 0 Å². The van der Waals surface area contributed by atoms with Gasteiger partial charge < -0.3 is 10.3 Å². The molecule has 0 saturated carbocycles. The van der Waals surface area contributed by atoms with Gasteiger partial charge in [-0.1, -0.05) is 27.7 Å². The van der Waals surface area contributed by atoms with Crippen molar-refractivity contribution in [2.75, 3.05) is 23.4 Å². The summed E-state index contributed by atoms with van der Waals surface area (Å²) in [6, 6.07) is 2.94. The largest absolute Gasteiger partial charge is 0.350 e. The van der Waals surface area contributed by atoms with E-state index in [0.29, 0.717) is 36.6 Å². The molecule has 0 aliphatic rings. The quantitative estimate of drug-likeness (QED) is 0.452. The monoisotopic (exact) mass is 281 g/mol. The molecule has 0 aromatic carbocycles. The Labute approximate surface area is 119 Å². The van der Waals surface area contributed by atoms with Gasteiger partial charge in [0.15, 0.2) is 0 Å². The van der Waals surface area contributed by atoms with E-state index in [0.717, 1.165) is 0 Å². The van der Waals surface area contributed by atoms with E-state index >= 15 is 0 Å². The number of anilines is 2. The maximum atomic E-state index is 11.2. The second-order valence-electron chi connectivity index (χ2n) is 5.63. The van der Waals surface area contributed by atoms with E-state index in [-0.39, 0.29) is 5.69 Å². The Bertz CT molecular complexity index is 452. The van der Waals surface area contributed by atoms with Crippen LogP contribution in [-0.4, -0.2) is 23.0 Å². The van der Waals surface area contributed by atoms with Crippen LogP contribution in [0.5, 0.6) is 0 Å². The highest BCUT2D eigenvalue weighted by atomic mass is 16.6. The number of hydrazine groups is 1. The fourth-order valence-electron chi connectivity index (χ4n) is 2.03. The van der Waals surface area contributed by atoms with Crippen molar-refractivity contribution >= 4 is 17.3 Å². The molecule has 0 amide bonds. The van der Waals surface area contributed by atoms with Crippen molar-refractivity contribution in [3.63, 3.8) is 0 Å². The van der Waals surface area contributed by atoms with Gasteiger partial charge in [-0.25, -0.2) is 10.8 Å². The topological polar surface area (TPSA) is 97.3 Å². The van der Waals surface area contributed by atoms with E-state index in [4.69, 9.17) is 5.84 Å². The lowest BCUT2D eigenvalue weighted by molar-refractivity contribution is -0.384. The Balaban J connectivity index is 3.23. The molecule has 0 fully saturated rings. The van der Waals surface area contributed by atoms with Crippen molar-refractivity contribution in [2.24, 2.45) is 17.7 Å². The minimum Gasteiger partial charge on any atom is -0.350 e. The smallest absolute Gasteiger partial charge is 0.311 e. The molecule has 7 nitrogen and oxygen atoms in total. The summed E-state index contributed by atoms with van der Waals surface area (Å²) in [6.45, 7) is 9.71. The van der Waals surface area contributed by atoms with Crippen LogP contribution in [0.25, 0.3) is 0 Å². The highest BCUT2D eigenvalue weighted by molar-refractivity contribution is 5.61. The van der Waals surface area contributed by atoms with Gasteiger partial charge in [-0.3, -0.25) is 10.1 Å². The van der Waals surface area contributed by atoms with Crippen LogP contribution in [0.1, 0.15) is 27.7 Å². The number of hydrogen-bond donors (Lipinski definition) is 2. The zero-order valence-corrected chi connectivity index (χ0v) is 12.5. The second kappa shape index (κ2) is 7.04. The van der Waals surface area contributed by atoms with Crippen LogP contribution >= 0.6 is 0 Å². The lowest BCUT2D eigenvalue weighted by Crippen LogP contribution is -2.32. The number of nitrogens with one attached hydrogen (secondary N) is 1. The first-order chi connectivity index (χ1) is 9.35. The Morgan fingerprint density at radius 2 is 1.85 bits per heavy atom. The fraction of sp³-hybridized carbons (Fsp3) is 0.615. The third-order valence-electron chi connectivity index (χ3n) is 2.67. The van der Waals surface area contributed by atoms with Gasteiger partial charge in [0, 0.05) is 19.2 Å². The molecule has 0 radical (unpaired) electrons. The van der Waals surface area contributed by atoms with Gasteiger partial charge in [0.05, 0.1) is 4.92 Å². The summed E-state index contributed by atoms with van der Waals surface area (Å²) in [5, 5.41) is 11.2. The number of nitrogens with two attached hydrogens (primary N) is 1. The van der Waals surface area contributed by atoms with Crippen molar-refractivity contribution in [1.29, 1.82) is 0 Å². The lowest BCUT2D eigenvalue weighted by Gasteiger charge is -2.27. The minimum absolute atomic E-state index is 0.00491. The lowest BCUT2D eigenvalue weighted by atomic mass is 10.1. The van der Waals surface area contributed by atoms with Crippen molar-refractivity contribution in [3.8, 4) is 0 Å². The van der Waals surface area contributed by atoms with Gasteiger partial charge in [-0.05, 0) is 17.9 Å². The number of nitrogen functional groups attached to an aromatic ring is 1. The van der Waals surface area contributed by atoms with Gasteiger partial charge in [0.2, 0.25) is 5.82 Å². The summed E-state index contributed by atoms with van der Waals surface area (Å²) in [6.07, 6.45) is 0. The first kappa shape index (κ1) is 16.2. The molecule has 0 aliphatic carbocycles. The van der Waals surface area contributed by atoms with E-state index in [9.17, 15) is 10.1 Å². The third kappa shape index (κ3) is 4.34. The summed E-state index contributed by atoms with van der Waals surface area (Å²) in [5.74, 6) is 6.89. The average molecular weight is 281 g/mol. The molecule has 3 N–H and O–H groups in total.